The maximum atomic E-state index is 13.0. The number of alkyl halides is 3. The molecule has 0 amide bonds. The Hall–Kier alpha value is -3.54. The van der Waals surface area contributed by atoms with E-state index in [-0.39, 0.29) is 11.7 Å². The van der Waals surface area contributed by atoms with E-state index in [1.54, 1.807) is 18.2 Å². The van der Waals surface area contributed by atoms with Crippen LogP contribution in [0.15, 0.2) is 78.5 Å². The van der Waals surface area contributed by atoms with E-state index in [1.807, 2.05) is 25.3 Å². The van der Waals surface area contributed by atoms with E-state index in [2.05, 4.69) is 37.9 Å². The SMILES string of the molecule is C=Cc1ccc(C(CC(C)C)N/C=C2\C(=N)C=CC(c3ccc(C(F)(F)F)cc3N)=C2C)cc1. The molecule has 178 valence electrons. The number of hydrogen-bond donors (Lipinski definition) is 3. The van der Waals surface area contributed by atoms with Crippen molar-refractivity contribution in [3.8, 4) is 0 Å². The summed E-state index contributed by atoms with van der Waals surface area (Å²) in [6.45, 7) is 9.96. The summed E-state index contributed by atoms with van der Waals surface area (Å²) in [5, 5.41) is 11.9. The van der Waals surface area contributed by atoms with Crippen LogP contribution in [0.1, 0.15) is 55.5 Å². The van der Waals surface area contributed by atoms with E-state index < -0.39 is 11.7 Å². The average molecular weight is 466 g/mol. The van der Waals surface area contributed by atoms with Crippen molar-refractivity contribution in [1.29, 1.82) is 5.41 Å². The summed E-state index contributed by atoms with van der Waals surface area (Å²) in [4.78, 5) is 0. The molecular formula is C28H30F3N3. The van der Waals surface area contributed by atoms with Crippen molar-refractivity contribution >= 4 is 23.0 Å². The molecule has 1 unspecified atom stereocenters. The van der Waals surface area contributed by atoms with Crippen LogP contribution in [0.4, 0.5) is 18.9 Å². The van der Waals surface area contributed by atoms with Gasteiger partial charge in [0, 0.05) is 23.0 Å². The first-order chi connectivity index (χ1) is 16.0. The monoisotopic (exact) mass is 465 g/mol. The number of anilines is 1. The van der Waals surface area contributed by atoms with Gasteiger partial charge in [-0.25, -0.2) is 0 Å². The summed E-state index contributed by atoms with van der Waals surface area (Å²) in [6, 6.07) is 11.6. The largest absolute Gasteiger partial charge is 0.416 e. The van der Waals surface area contributed by atoms with Crippen LogP contribution >= 0.6 is 0 Å². The van der Waals surface area contributed by atoms with Gasteiger partial charge in [-0.3, -0.25) is 0 Å². The van der Waals surface area contributed by atoms with Crippen LogP contribution in [-0.2, 0) is 6.18 Å². The number of benzene rings is 2. The molecule has 1 atom stereocenters. The van der Waals surface area contributed by atoms with Crippen LogP contribution in [0.5, 0.6) is 0 Å². The standard InChI is InChI=1S/C28H30F3N3/c1-5-19-6-8-20(9-7-19)27(14-17(2)3)34-16-24-18(4)22(12-13-25(24)32)23-11-10-21(15-26(23)33)28(29,30)31/h5-13,15-17,27,32,34H,1,14,33H2,2-4H3/b24-16-,32-25?. The van der Waals surface area contributed by atoms with Crippen molar-refractivity contribution in [3.05, 3.63) is 101 Å². The Morgan fingerprint density at radius 3 is 2.32 bits per heavy atom. The highest BCUT2D eigenvalue weighted by atomic mass is 19.4. The topological polar surface area (TPSA) is 61.9 Å². The Morgan fingerprint density at radius 1 is 1.09 bits per heavy atom. The minimum absolute atomic E-state index is 0.0393. The Labute approximate surface area is 199 Å². The number of rotatable bonds is 7. The summed E-state index contributed by atoms with van der Waals surface area (Å²) in [5.74, 6) is 0.444. The minimum Gasteiger partial charge on any atom is -0.398 e. The van der Waals surface area contributed by atoms with Crippen molar-refractivity contribution in [2.24, 2.45) is 5.92 Å². The average Bonchev–Trinajstić information content (AvgIpc) is 2.78. The lowest BCUT2D eigenvalue weighted by Crippen LogP contribution is -2.20. The van der Waals surface area contributed by atoms with Gasteiger partial charge in [-0.15, -0.1) is 0 Å². The first-order valence-corrected chi connectivity index (χ1v) is 11.1. The van der Waals surface area contributed by atoms with E-state index in [9.17, 15) is 13.2 Å². The number of halogens is 3. The first-order valence-electron chi connectivity index (χ1n) is 11.1. The summed E-state index contributed by atoms with van der Waals surface area (Å²) in [6.07, 6.45) is 3.44. The van der Waals surface area contributed by atoms with Crippen LogP contribution < -0.4 is 11.1 Å². The fourth-order valence-electron chi connectivity index (χ4n) is 4.01. The smallest absolute Gasteiger partial charge is 0.398 e. The Morgan fingerprint density at radius 2 is 1.76 bits per heavy atom. The molecule has 0 radical (unpaired) electrons. The first kappa shape index (κ1) is 25.1. The Kier molecular flexibility index (Phi) is 7.50. The van der Waals surface area contributed by atoms with Crippen LogP contribution in [0, 0.1) is 11.3 Å². The van der Waals surface area contributed by atoms with Crippen molar-refractivity contribution in [2.75, 3.05) is 5.73 Å². The van der Waals surface area contributed by atoms with Crippen LogP contribution in [-0.4, -0.2) is 5.71 Å². The Balaban J connectivity index is 1.95. The molecule has 0 bridgehead atoms. The maximum Gasteiger partial charge on any atom is 0.416 e. The lowest BCUT2D eigenvalue weighted by molar-refractivity contribution is -0.137. The summed E-state index contributed by atoms with van der Waals surface area (Å²) in [7, 11) is 0. The van der Waals surface area contributed by atoms with Crippen molar-refractivity contribution in [2.45, 2.75) is 39.4 Å². The highest BCUT2D eigenvalue weighted by molar-refractivity contribution is 6.15. The summed E-state index contributed by atoms with van der Waals surface area (Å²) < 4.78 is 39.1. The van der Waals surface area contributed by atoms with E-state index in [0.29, 0.717) is 28.3 Å². The molecule has 0 saturated heterocycles. The molecule has 3 rings (SSSR count). The molecule has 0 fully saturated rings. The van der Waals surface area contributed by atoms with Crippen LogP contribution in [0.3, 0.4) is 0 Å². The quantitative estimate of drug-likeness (QED) is 0.370. The fourth-order valence-corrected chi connectivity index (χ4v) is 4.01. The van der Waals surface area contributed by atoms with Crippen LogP contribution in [0.2, 0.25) is 0 Å². The second-order valence-electron chi connectivity index (χ2n) is 8.86. The van der Waals surface area contributed by atoms with Gasteiger partial charge in [0.15, 0.2) is 0 Å². The lowest BCUT2D eigenvalue weighted by Gasteiger charge is -2.23. The van der Waals surface area contributed by atoms with E-state index in [1.165, 1.54) is 6.07 Å². The molecule has 2 aromatic carbocycles. The molecule has 4 N–H and O–H groups in total. The summed E-state index contributed by atoms with van der Waals surface area (Å²) >= 11 is 0. The van der Waals surface area contributed by atoms with Crippen molar-refractivity contribution in [3.63, 3.8) is 0 Å². The zero-order valence-electron chi connectivity index (χ0n) is 19.6. The maximum absolute atomic E-state index is 13.0. The molecule has 34 heavy (non-hydrogen) atoms. The normalized spacial score (nSPS) is 16.3. The molecular weight excluding hydrogens is 435 g/mol. The highest BCUT2D eigenvalue weighted by Gasteiger charge is 2.31. The number of nitrogens with two attached hydrogens (primary N) is 1. The third-order valence-electron chi connectivity index (χ3n) is 5.89. The van der Waals surface area contributed by atoms with Gasteiger partial charge in [0.2, 0.25) is 0 Å². The number of hydrogen-bond acceptors (Lipinski definition) is 3. The van der Waals surface area contributed by atoms with Gasteiger partial charge in [-0.2, -0.15) is 13.2 Å². The zero-order valence-corrected chi connectivity index (χ0v) is 19.6. The molecule has 3 nitrogen and oxygen atoms in total. The van der Waals surface area contributed by atoms with E-state index in [0.717, 1.165) is 35.3 Å². The fraction of sp³-hybridized carbons (Fsp3) is 0.250. The van der Waals surface area contributed by atoms with Gasteiger partial charge in [0.1, 0.15) is 0 Å². The van der Waals surface area contributed by atoms with Crippen molar-refractivity contribution in [1.82, 2.24) is 5.32 Å². The number of allylic oxidation sites excluding steroid dienone is 5. The minimum atomic E-state index is -4.45. The Bertz CT molecular complexity index is 1170. The number of nitrogen functional groups attached to an aromatic ring is 1. The molecule has 0 heterocycles. The zero-order chi connectivity index (χ0) is 25.0. The van der Waals surface area contributed by atoms with Gasteiger partial charge in [-0.05, 0) is 59.7 Å². The van der Waals surface area contributed by atoms with E-state index in [4.69, 9.17) is 11.1 Å². The van der Waals surface area contributed by atoms with Gasteiger partial charge >= 0.3 is 6.18 Å². The molecule has 2 aromatic rings. The molecule has 1 aliphatic carbocycles. The highest BCUT2D eigenvalue weighted by Crippen LogP contribution is 2.36. The molecule has 0 saturated carbocycles. The lowest BCUT2D eigenvalue weighted by atomic mass is 9.87. The van der Waals surface area contributed by atoms with Gasteiger partial charge < -0.3 is 16.5 Å². The van der Waals surface area contributed by atoms with E-state index >= 15 is 0 Å². The number of nitrogens with one attached hydrogen (secondary N) is 2. The molecule has 1 aliphatic rings. The van der Waals surface area contributed by atoms with Gasteiger partial charge in [-0.1, -0.05) is 62.9 Å². The second kappa shape index (κ2) is 10.2. The molecule has 0 aliphatic heterocycles. The predicted molar refractivity (Wildman–Crippen MR) is 135 cm³/mol. The molecule has 0 spiro atoms. The van der Waals surface area contributed by atoms with Crippen LogP contribution in [0.25, 0.3) is 11.6 Å². The third-order valence-corrected chi connectivity index (χ3v) is 5.89. The molecule has 0 aromatic heterocycles. The molecule has 6 heteroatoms. The van der Waals surface area contributed by atoms with Gasteiger partial charge in [0.05, 0.1) is 17.3 Å². The van der Waals surface area contributed by atoms with Crippen molar-refractivity contribution < 1.29 is 13.2 Å². The summed E-state index contributed by atoms with van der Waals surface area (Å²) in [5.41, 5.74) is 10.4. The second-order valence-corrected chi connectivity index (χ2v) is 8.86. The third kappa shape index (κ3) is 5.68. The van der Waals surface area contributed by atoms with Gasteiger partial charge in [0.25, 0.3) is 0 Å². The predicted octanol–water partition coefficient (Wildman–Crippen LogP) is 7.55.